The second-order valence-corrected chi connectivity index (χ2v) is 10.3. The summed E-state index contributed by atoms with van der Waals surface area (Å²) in [6.45, 7) is 1.36. The van der Waals surface area contributed by atoms with Crippen molar-refractivity contribution < 1.29 is 18.0 Å². The Kier molecular flexibility index (Phi) is 7.02. The Bertz CT molecular complexity index is 1130. The lowest BCUT2D eigenvalue weighted by Crippen LogP contribution is -2.50. The van der Waals surface area contributed by atoms with Crippen LogP contribution in [-0.4, -0.2) is 65.2 Å². The molecule has 0 unspecified atom stereocenters. The van der Waals surface area contributed by atoms with Crippen LogP contribution in [0.5, 0.6) is 0 Å². The number of alkyl halides is 3. The first-order chi connectivity index (χ1) is 17.3. The lowest BCUT2D eigenvalue weighted by atomic mass is 9.91. The molecule has 1 N–H and O–H groups in total. The molecule has 0 bridgehead atoms. The van der Waals surface area contributed by atoms with E-state index in [9.17, 15) is 23.2 Å². The van der Waals surface area contributed by atoms with E-state index < -0.39 is 23.9 Å². The summed E-state index contributed by atoms with van der Waals surface area (Å²) in [7, 11) is 0. The lowest BCUT2D eigenvalue weighted by molar-refractivity contribution is -0.182. The summed E-state index contributed by atoms with van der Waals surface area (Å²) in [4.78, 5) is 25.7. The van der Waals surface area contributed by atoms with Crippen molar-refractivity contribution in [2.45, 2.75) is 63.2 Å². The van der Waals surface area contributed by atoms with Crippen molar-refractivity contribution in [1.29, 1.82) is 5.26 Å². The molecule has 1 aromatic carbocycles. The van der Waals surface area contributed by atoms with Gasteiger partial charge in [0, 0.05) is 50.7 Å². The average molecular weight is 501 g/mol. The van der Waals surface area contributed by atoms with E-state index in [1.54, 1.807) is 17.0 Å². The molecule has 3 aliphatic rings. The number of carbonyl (C=O) groups excluding carboxylic acids is 1. The Labute approximate surface area is 208 Å². The van der Waals surface area contributed by atoms with Gasteiger partial charge in [0.05, 0.1) is 23.1 Å². The van der Waals surface area contributed by atoms with Gasteiger partial charge in [0.15, 0.2) is 0 Å². The van der Waals surface area contributed by atoms with Gasteiger partial charge in [-0.1, -0.05) is 19.3 Å². The number of aromatic nitrogens is 2. The number of hydrogen-bond acceptors (Lipinski definition) is 6. The van der Waals surface area contributed by atoms with Crippen LogP contribution in [0.3, 0.4) is 0 Å². The first-order valence-corrected chi connectivity index (χ1v) is 12.8. The molecule has 2 atom stereocenters. The first-order valence-electron chi connectivity index (χ1n) is 12.8. The number of nitrogens with zero attached hydrogens (tertiary/aromatic N) is 5. The van der Waals surface area contributed by atoms with Crippen LogP contribution in [0, 0.1) is 23.2 Å². The van der Waals surface area contributed by atoms with Crippen LogP contribution in [-0.2, 0) is 4.79 Å². The monoisotopic (exact) mass is 500 g/mol. The van der Waals surface area contributed by atoms with Gasteiger partial charge >= 0.3 is 6.18 Å². The molecular formula is C26H31F3N6O. The van der Waals surface area contributed by atoms with Crippen molar-refractivity contribution in [2.24, 2.45) is 11.8 Å². The van der Waals surface area contributed by atoms with Crippen LogP contribution in [0.15, 0.2) is 24.5 Å². The molecule has 2 saturated heterocycles. The quantitative estimate of drug-likeness (QED) is 0.683. The van der Waals surface area contributed by atoms with Gasteiger partial charge in [-0.25, -0.2) is 0 Å². The maximum Gasteiger partial charge on any atom is 0.394 e. The Morgan fingerprint density at radius 3 is 2.36 bits per heavy atom. The molecule has 2 aromatic rings. The molecule has 7 nitrogen and oxygen atoms in total. The molecule has 192 valence electrons. The molecule has 3 heterocycles. The second kappa shape index (κ2) is 10.2. The minimum Gasteiger partial charge on any atom is -0.368 e. The average Bonchev–Trinajstić information content (AvgIpc) is 3.35. The Hall–Kier alpha value is -2.93. The van der Waals surface area contributed by atoms with Crippen molar-refractivity contribution >= 4 is 22.6 Å². The zero-order valence-corrected chi connectivity index (χ0v) is 20.2. The van der Waals surface area contributed by atoms with Gasteiger partial charge in [0.1, 0.15) is 17.1 Å². The van der Waals surface area contributed by atoms with Gasteiger partial charge in [-0.2, -0.15) is 18.4 Å². The van der Waals surface area contributed by atoms with Crippen LogP contribution in [0.1, 0.15) is 50.5 Å². The van der Waals surface area contributed by atoms with Crippen LogP contribution in [0.25, 0.3) is 11.0 Å². The van der Waals surface area contributed by atoms with Gasteiger partial charge in [-0.05, 0) is 37.8 Å². The van der Waals surface area contributed by atoms with Crippen molar-refractivity contribution in [3.8, 4) is 6.07 Å². The first kappa shape index (κ1) is 24.8. The fourth-order valence-electron chi connectivity index (χ4n) is 6.15. The van der Waals surface area contributed by atoms with Crippen molar-refractivity contribution in [3.63, 3.8) is 0 Å². The number of carbonyl (C=O) groups is 1. The fraction of sp³-hybridized carbons (Fsp3) is 0.615. The summed E-state index contributed by atoms with van der Waals surface area (Å²) >= 11 is 0. The van der Waals surface area contributed by atoms with E-state index in [1.165, 1.54) is 44.5 Å². The van der Waals surface area contributed by atoms with E-state index in [0.717, 1.165) is 25.9 Å². The largest absolute Gasteiger partial charge is 0.394 e. The highest BCUT2D eigenvalue weighted by Gasteiger charge is 2.53. The maximum atomic E-state index is 14.0. The SMILES string of the molecule is N#Cc1ccc(N2C[C@H](C(=O)NC3CCN(C4CCCCC4)CC3)[C@@H](C(F)(F)F)C2)c2nccnc12. The third-order valence-corrected chi connectivity index (χ3v) is 8.11. The number of amides is 1. The second-order valence-electron chi connectivity index (χ2n) is 10.3. The number of likely N-dealkylation sites (tertiary alicyclic amines) is 1. The Morgan fingerprint density at radius 2 is 1.69 bits per heavy atom. The molecule has 36 heavy (non-hydrogen) atoms. The molecule has 1 aromatic heterocycles. The molecule has 3 fully saturated rings. The molecule has 1 amide bonds. The van der Waals surface area contributed by atoms with Crippen molar-refractivity contribution in [2.75, 3.05) is 31.1 Å². The molecule has 1 aliphatic carbocycles. The molecular weight excluding hydrogens is 469 g/mol. The fourth-order valence-corrected chi connectivity index (χ4v) is 6.15. The Balaban J connectivity index is 1.29. The Morgan fingerprint density at radius 1 is 1.00 bits per heavy atom. The van der Waals surface area contributed by atoms with Crippen LogP contribution in [0.4, 0.5) is 18.9 Å². The topological polar surface area (TPSA) is 85.2 Å². The van der Waals surface area contributed by atoms with E-state index >= 15 is 0 Å². The molecule has 0 radical (unpaired) electrons. The van der Waals surface area contributed by atoms with Crippen LogP contribution >= 0.6 is 0 Å². The summed E-state index contributed by atoms with van der Waals surface area (Å²) in [5.74, 6) is -3.51. The van der Waals surface area contributed by atoms with Crippen molar-refractivity contribution in [3.05, 3.63) is 30.1 Å². The van der Waals surface area contributed by atoms with E-state index in [4.69, 9.17) is 0 Å². The van der Waals surface area contributed by atoms with Gasteiger partial charge in [-0.3, -0.25) is 14.8 Å². The minimum atomic E-state index is -4.50. The number of piperidine rings is 1. The number of halogens is 3. The molecule has 0 spiro atoms. The number of nitrogens with one attached hydrogen (secondary N) is 1. The third kappa shape index (κ3) is 4.99. The lowest BCUT2D eigenvalue weighted by Gasteiger charge is -2.39. The maximum absolute atomic E-state index is 14.0. The summed E-state index contributed by atoms with van der Waals surface area (Å²) in [5, 5.41) is 12.3. The number of anilines is 1. The highest BCUT2D eigenvalue weighted by atomic mass is 19.4. The zero-order valence-electron chi connectivity index (χ0n) is 20.2. The molecule has 2 aliphatic heterocycles. The number of fused-ring (bicyclic) bond motifs is 1. The molecule has 5 rings (SSSR count). The smallest absolute Gasteiger partial charge is 0.368 e. The molecule has 10 heteroatoms. The van der Waals surface area contributed by atoms with Crippen LogP contribution < -0.4 is 10.2 Å². The van der Waals surface area contributed by atoms with Gasteiger partial charge in [0.25, 0.3) is 0 Å². The standard InChI is InChI=1S/C26H31F3N6O/c27-26(28,29)21-16-35(22-7-6-17(14-30)23-24(22)32-11-10-31-23)15-20(21)25(36)33-18-8-12-34(13-9-18)19-4-2-1-3-5-19/h6-7,10-11,18-21H,1-5,8-9,12-13,15-16H2,(H,33,36)/t20-,21-/m0/s1. The predicted octanol–water partition coefficient (Wildman–Crippen LogP) is 4.03. The highest BCUT2D eigenvalue weighted by Crippen LogP contribution is 2.41. The van der Waals surface area contributed by atoms with Gasteiger partial charge < -0.3 is 15.1 Å². The predicted molar refractivity (Wildman–Crippen MR) is 129 cm³/mol. The molecule has 1 saturated carbocycles. The van der Waals surface area contributed by atoms with Crippen molar-refractivity contribution in [1.82, 2.24) is 20.2 Å². The van der Waals surface area contributed by atoms with E-state index in [0.29, 0.717) is 28.3 Å². The van der Waals surface area contributed by atoms with E-state index in [-0.39, 0.29) is 19.1 Å². The number of nitriles is 1. The van der Waals surface area contributed by atoms with E-state index in [1.807, 2.05) is 6.07 Å². The zero-order chi connectivity index (χ0) is 25.3. The number of benzene rings is 1. The summed E-state index contributed by atoms with van der Waals surface area (Å²) in [6.07, 6.45) is 6.20. The highest BCUT2D eigenvalue weighted by molar-refractivity contribution is 5.92. The minimum absolute atomic E-state index is 0.0610. The van der Waals surface area contributed by atoms with Crippen LogP contribution in [0.2, 0.25) is 0 Å². The summed E-state index contributed by atoms with van der Waals surface area (Å²) in [6, 6.07) is 5.71. The van der Waals surface area contributed by atoms with Gasteiger partial charge in [-0.15, -0.1) is 0 Å². The van der Waals surface area contributed by atoms with E-state index in [2.05, 4.69) is 20.2 Å². The normalized spacial score (nSPS) is 24.7. The number of rotatable bonds is 4. The van der Waals surface area contributed by atoms with Gasteiger partial charge in [0.2, 0.25) is 5.91 Å². The third-order valence-electron chi connectivity index (χ3n) is 8.11. The number of hydrogen-bond donors (Lipinski definition) is 1. The summed E-state index contributed by atoms with van der Waals surface area (Å²) < 4.78 is 42.1. The summed E-state index contributed by atoms with van der Waals surface area (Å²) in [5.41, 5.74) is 1.48.